The molecule has 2 N–H and O–H groups in total. The summed E-state index contributed by atoms with van der Waals surface area (Å²) in [6.07, 6.45) is 3.42. The van der Waals surface area contributed by atoms with Crippen LogP contribution in [0.15, 0.2) is 36.5 Å². The van der Waals surface area contributed by atoms with Gasteiger partial charge in [-0.15, -0.1) is 0 Å². The highest BCUT2D eigenvalue weighted by atomic mass is 16.5. The number of ether oxygens (including phenoxy) is 1. The van der Waals surface area contributed by atoms with E-state index < -0.39 is 0 Å². The molecule has 2 aromatic rings. The van der Waals surface area contributed by atoms with Crippen LogP contribution in [0.1, 0.15) is 34.0 Å². The maximum atomic E-state index is 12.7. The molecule has 0 radical (unpaired) electrons. The number of benzene rings is 1. The fraction of sp³-hybridized carbons (Fsp3) is 0.250. The molecule has 3 rings (SSSR count). The molecule has 1 heterocycles. The quantitative estimate of drug-likeness (QED) is 0.686. The van der Waals surface area contributed by atoms with E-state index in [0.717, 1.165) is 24.1 Å². The van der Waals surface area contributed by atoms with E-state index in [1.165, 1.54) is 0 Å². The normalized spacial score (nSPS) is 16.8. The van der Waals surface area contributed by atoms with Gasteiger partial charge in [-0.3, -0.25) is 9.78 Å². The van der Waals surface area contributed by atoms with Gasteiger partial charge < -0.3 is 10.5 Å². The van der Waals surface area contributed by atoms with Gasteiger partial charge >= 0.3 is 0 Å². The first-order valence-electron chi connectivity index (χ1n) is 6.62. The number of nitrogen functional groups attached to an aromatic ring is 1. The number of methoxy groups -OCH3 is 1. The van der Waals surface area contributed by atoms with E-state index in [2.05, 4.69) is 4.98 Å². The van der Waals surface area contributed by atoms with E-state index in [-0.39, 0.29) is 11.7 Å². The SMILES string of the molecule is COc1ccc(N)c(C(=O)C2CCc3cccnc32)c1. The molecular weight excluding hydrogens is 252 g/mol. The molecule has 0 saturated carbocycles. The second-order valence-corrected chi connectivity index (χ2v) is 4.96. The summed E-state index contributed by atoms with van der Waals surface area (Å²) in [6, 6.07) is 9.11. The molecule has 1 aromatic carbocycles. The number of aromatic nitrogens is 1. The van der Waals surface area contributed by atoms with Gasteiger partial charge in [0.2, 0.25) is 0 Å². The summed E-state index contributed by atoms with van der Waals surface area (Å²) in [6.45, 7) is 0. The lowest BCUT2D eigenvalue weighted by Crippen LogP contribution is -2.13. The Bertz CT molecular complexity index is 667. The van der Waals surface area contributed by atoms with Crippen LogP contribution >= 0.6 is 0 Å². The van der Waals surface area contributed by atoms with Crippen LogP contribution in [0.2, 0.25) is 0 Å². The van der Waals surface area contributed by atoms with Crippen molar-refractivity contribution in [3.63, 3.8) is 0 Å². The summed E-state index contributed by atoms with van der Waals surface area (Å²) in [7, 11) is 1.58. The van der Waals surface area contributed by atoms with Crippen LogP contribution in [0.3, 0.4) is 0 Å². The number of anilines is 1. The minimum atomic E-state index is -0.194. The van der Waals surface area contributed by atoms with Crippen molar-refractivity contribution in [2.45, 2.75) is 18.8 Å². The topological polar surface area (TPSA) is 65.2 Å². The third-order valence-electron chi connectivity index (χ3n) is 3.80. The van der Waals surface area contributed by atoms with Crippen LogP contribution in [-0.2, 0) is 6.42 Å². The Balaban J connectivity index is 1.98. The molecule has 102 valence electrons. The number of Topliss-reactive ketones (excluding diaryl/α,β-unsaturated/α-hetero) is 1. The van der Waals surface area contributed by atoms with Crippen LogP contribution in [0.25, 0.3) is 0 Å². The van der Waals surface area contributed by atoms with E-state index in [1.807, 2.05) is 12.1 Å². The molecule has 0 saturated heterocycles. The van der Waals surface area contributed by atoms with Crippen LogP contribution < -0.4 is 10.5 Å². The molecule has 4 heteroatoms. The lowest BCUT2D eigenvalue weighted by Gasteiger charge is -2.12. The summed E-state index contributed by atoms with van der Waals surface area (Å²) in [5.41, 5.74) is 8.99. The molecule has 0 aliphatic heterocycles. The monoisotopic (exact) mass is 268 g/mol. The van der Waals surface area contributed by atoms with Crippen LogP contribution in [0.4, 0.5) is 5.69 Å². The summed E-state index contributed by atoms with van der Waals surface area (Å²) in [5.74, 6) is 0.473. The van der Waals surface area contributed by atoms with Crippen molar-refractivity contribution in [2.24, 2.45) is 0 Å². The largest absolute Gasteiger partial charge is 0.497 e. The lowest BCUT2D eigenvalue weighted by molar-refractivity contribution is 0.0958. The zero-order valence-electron chi connectivity index (χ0n) is 11.3. The molecule has 1 aromatic heterocycles. The van der Waals surface area contributed by atoms with E-state index >= 15 is 0 Å². The number of rotatable bonds is 3. The fourth-order valence-corrected chi connectivity index (χ4v) is 2.73. The molecule has 1 unspecified atom stereocenters. The first-order chi connectivity index (χ1) is 9.70. The number of ketones is 1. The minimum absolute atomic E-state index is 0.0267. The predicted octanol–water partition coefficient (Wildman–Crippen LogP) is 2.59. The van der Waals surface area contributed by atoms with Gasteiger partial charge in [-0.1, -0.05) is 6.07 Å². The number of nitrogens with zero attached hydrogens (tertiary/aromatic N) is 1. The highest BCUT2D eigenvalue weighted by molar-refractivity contribution is 6.05. The summed E-state index contributed by atoms with van der Waals surface area (Å²) < 4.78 is 5.17. The van der Waals surface area contributed by atoms with Crippen molar-refractivity contribution in [3.8, 4) is 5.75 Å². The minimum Gasteiger partial charge on any atom is -0.497 e. The maximum Gasteiger partial charge on any atom is 0.174 e. The average Bonchev–Trinajstić information content (AvgIpc) is 2.91. The van der Waals surface area contributed by atoms with Crippen LogP contribution in [0, 0.1) is 0 Å². The molecule has 4 nitrogen and oxygen atoms in total. The average molecular weight is 268 g/mol. The molecular formula is C16H16N2O2. The van der Waals surface area contributed by atoms with Gasteiger partial charge in [0.1, 0.15) is 5.75 Å². The Kier molecular flexibility index (Phi) is 3.14. The van der Waals surface area contributed by atoms with Gasteiger partial charge in [-0.05, 0) is 42.7 Å². The van der Waals surface area contributed by atoms with Crippen molar-refractivity contribution < 1.29 is 9.53 Å². The highest BCUT2D eigenvalue weighted by Gasteiger charge is 2.31. The van der Waals surface area contributed by atoms with Crippen molar-refractivity contribution in [3.05, 3.63) is 53.3 Å². The van der Waals surface area contributed by atoms with Gasteiger partial charge in [0.05, 0.1) is 18.7 Å². The number of fused-ring (bicyclic) bond motifs is 1. The molecule has 0 fully saturated rings. The fourth-order valence-electron chi connectivity index (χ4n) is 2.73. The molecule has 1 atom stereocenters. The first-order valence-corrected chi connectivity index (χ1v) is 6.62. The molecule has 20 heavy (non-hydrogen) atoms. The Labute approximate surface area is 117 Å². The number of pyridine rings is 1. The smallest absolute Gasteiger partial charge is 0.174 e. The number of hydrogen-bond donors (Lipinski definition) is 1. The van der Waals surface area contributed by atoms with Crippen molar-refractivity contribution in [1.29, 1.82) is 0 Å². The Morgan fingerprint density at radius 2 is 2.25 bits per heavy atom. The highest BCUT2D eigenvalue weighted by Crippen LogP contribution is 2.35. The first kappa shape index (κ1) is 12.7. The predicted molar refractivity (Wildman–Crippen MR) is 77.0 cm³/mol. The van der Waals surface area contributed by atoms with E-state index in [9.17, 15) is 4.79 Å². The number of hydrogen-bond acceptors (Lipinski definition) is 4. The molecule has 0 spiro atoms. The Hall–Kier alpha value is -2.36. The Morgan fingerprint density at radius 3 is 3.05 bits per heavy atom. The number of carbonyl (C=O) groups is 1. The van der Waals surface area contributed by atoms with E-state index in [1.54, 1.807) is 31.5 Å². The zero-order chi connectivity index (χ0) is 14.1. The summed E-state index contributed by atoms with van der Waals surface area (Å²) >= 11 is 0. The van der Waals surface area contributed by atoms with Crippen LogP contribution in [0.5, 0.6) is 5.75 Å². The number of carbonyl (C=O) groups excluding carboxylic acids is 1. The van der Waals surface area contributed by atoms with E-state index in [0.29, 0.717) is 17.0 Å². The Morgan fingerprint density at radius 1 is 1.40 bits per heavy atom. The summed E-state index contributed by atoms with van der Waals surface area (Å²) in [5, 5.41) is 0. The third-order valence-corrected chi connectivity index (χ3v) is 3.80. The second-order valence-electron chi connectivity index (χ2n) is 4.96. The van der Waals surface area contributed by atoms with Crippen LogP contribution in [-0.4, -0.2) is 17.9 Å². The van der Waals surface area contributed by atoms with Gasteiger partial charge in [-0.2, -0.15) is 0 Å². The maximum absolute atomic E-state index is 12.7. The zero-order valence-corrected chi connectivity index (χ0v) is 11.3. The lowest BCUT2D eigenvalue weighted by atomic mass is 9.94. The third kappa shape index (κ3) is 2.03. The van der Waals surface area contributed by atoms with E-state index in [4.69, 9.17) is 10.5 Å². The van der Waals surface area contributed by atoms with Gasteiger partial charge in [0.25, 0.3) is 0 Å². The van der Waals surface area contributed by atoms with Crippen molar-refractivity contribution in [1.82, 2.24) is 4.98 Å². The van der Waals surface area contributed by atoms with Gasteiger partial charge in [0.15, 0.2) is 5.78 Å². The second kappa shape index (κ2) is 4.96. The number of nitrogens with two attached hydrogens (primary N) is 1. The van der Waals surface area contributed by atoms with Crippen molar-refractivity contribution >= 4 is 11.5 Å². The standard InChI is InChI=1S/C16H16N2O2/c1-20-11-5-7-14(17)13(9-11)16(19)12-6-4-10-3-2-8-18-15(10)12/h2-3,5,7-9,12H,4,6,17H2,1H3. The molecule has 1 aliphatic rings. The molecule has 0 bridgehead atoms. The van der Waals surface area contributed by atoms with Gasteiger partial charge in [-0.25, -0.2) is 0 Å². The van der Waals surface area contributed by atoms with Crippen molar-refractivity contribution in [2.75, 3.05) is 12.8 Å². The number of aryl methyl sites for hydroxylation is 1. The molecule has 0 amide bonds. The summed E-state index contributed by atoms with van der Waals surface area (Å²) in [4.78, 5) is 17.1. The van der Waals surface area contributed by atoms with Gasteiger partial charge in [0, 0.05) is 17.4 Å². The molecule has 1 aliphatic carbocycles.